The summed E-state index contributed by atoms with van der Waals surface area (Å²) in [6.45, 7) is -0.488. The summed E-state index contributed by atoms with van der Waals surface area (Å²) < 4.78 is 0. The zero-order valence-corrected chi connectivity index (χ0v) is 8.10. The number of quaternary nitrogens is 1. The first-order valence-electron chi connectivity index (χ1n) is 4.47. The van der Waals surface area contributed by atoms with Gasteiger partial charge in [-0.25, -0.2) is 0 Å². The second kappa shape index (κ2) is 5.11. The average molecular weight is 208 g/mol. The van der Waals surface area contributed by atoms with Crippen molar-refractivity contribution >= 4 is 11.9 Å². The van der Waals surface area contributed by atoms with E-state index in [0.717, 1.165) is 5.56 Å². The summed E-state index contributed by atoms with van der Waals surface area (Å²) in [5.74, 6) is -1.74. The molecule has 0 saturated heterocycles. The van der Waals surface area contributed by atoms with Gasteiger partial charge in [0.15, 0.2) is 6.04 Å². The van der Waals surface area contributed by atoms with Gasteiger partial charge in [0.1, 0.15) is 0 Å². The Bertz CT molecular complexity index is 351. The monoisotopic (exact) mass is 208 g/mol. The lowest BCUT2D eigenvalue weighted by Crippen LogP contribution is -2.60. The third kappa shape index (κ3) is 3.40. The van der Waals surface area contributed by atoms with Crippen LogP contribution in [0.5, 0.6) is 0 Å². The SMILES string of the molecule is [NH3+][C@@H](C(=O)NCC(=O)[O-])c1ccccc1. The Morgan fingerprint density at radius 2 is 1.93 bits per heavy atom. The number of rotatable bonds is 4. The Morgan fingerprint density at radius 3 is 2.47 bits per heavy atom. The van der Waals surface area contributed by atoms with Crippen molar-refractivity contribution in [3.05, 3.63) is 35.9 Å². The van der Waals surface area contributed by atoms with Gasteiger partial charge in [-0.3, -0.25) is 4.79 Å². The predicted octanol–water partition coefficient (Wildman–Crippen LogP) is -2.16. The number of benzene rings is 1. The zero-order valence-electron chi connectivity index (χ0n) is 8.10. The van der Waals surface area contributed by atoms with E-state index in [1.54, 1.807) is 24.3 Å². The molecule has 5 heteroatoms. The predicted molar refractivity (Wildman–Crippen MR) is 50.1 cm³/mol. The first kappa shape index (κ1) is 11.2. The van der Waals surface area contributed by atoms with Crippen LogP contribution in [0, 0.1) is 0 Å². The van der Waals surface area contributed by atoms with Crippen LogP contribution in [0.1, 0.15) is 11.6 Å². The molecule has 0 unspecified atom stereocenters. The van der Waals surface area contributed by atoms with E-state index >= 15 is 0 Å². The fourth-order valence-corrected chi connectivity index (χ4v) is 1.12. The molecule has 0 bridgehead atoms. The molecule has 15 heavy (non-hydrogen) atoms. The fourth-order valence-electron chi connectivity index (χ4n) is 1.12. The summed E-state index contributed by atoms with van der Waals surface area (Å²) in [7, 11) is 0. The zero-order chi connectivity index (χ0) is 11.3. The van der Waals surface area contributed by atoms with Crippen LogP contribution in [0.3, 0.4) is 0 Å². The van der Waals surface area contributed by atoms with Gasteiger partial charge in [0, 0.05) is 5.56 Å². The Kier molecular flexibility index (Phi) is 3.82. The summed E-state index contributed by atoms with van der Waals surface area (Å²) >= 11 is 0. The van der Waals surface area contributed by atoms with E-state index in [1.165, 1.54) is 0 Å². The van der Waals surface area contributed by atoms with Crippen LogP contribution in [0.2, 0.25) is 0 Å². The van der Waals surface area contributed by atoms with Gasteiger partial charge < -0.3 is 21.0 Å². The van der Waals surface area contributed by atoms with Crippen molar-refractivity contribution in [3.8, 4) is 0 Å². The fraction of sp³-hybridized carbons (Fsp3) is 0.200. The molecular formula is C10H12N2O3. The third-order valence-corrected chi connectivity index (χ3v) is 1.93. The number of hydrogen-bond donors (Lipinski definition) is 2. The van der Waals surface area contributed by atoms with Gasteiger partial charge in [0.05, 0.1) is 12.5 Å². The first-order valence-corrected chi connectivity index (χ1v) is 4.47. The minimum Gasteiger partial charge on any atom is -0.548 e. The van der Waals surface area contributed by atoms with E-state index < -0.39 is 24.5 Å². The van der Waals surface area contributed by atoms with Gasteiger partial charge >= 0.3 is 0 Å². The second-order valence-electron chi connectivity index (χ2n) is 3.05. The number of carbonyl (C=O) groups excluding carboxylic acids is 2. The molecule has 0 aliphatic carbocycles. The quantitative estimate of drug-likeness (QED) is 0.589. The van der Waals surface area contributed by atoms with Crippen LogP contribution >= 0.6 is 0 Å². The van der Waals surface area contributed by atoms with Crippen molar-refractivity contribution in [1.29, 1.82) is 0 Å². The maximum absolute atomic E-state index is 11.4. The Hall–Kier alpha value is -1.88. The molecule has 0 radical (unpaired) electrons. The van der Waals surface area contributed by atoms with Crippen LogP contribution in [0.15, 0.2) is 30.3 Å². The lowest BCUT2D eigenvalue weighted by atomic mass is 10.1. The smallest absolute Gasteiger partial charge is 0.283 e. The van der Waals surface area contributed by atoms with Gasteiger partial charge in [0.25, 0.3) is 5.91 Å². The van der Waals surface area contributed by atoms with Gasteiger partial charge in [-0.2, -0.15) is 0 Å². The topological polar surface area (TPSA) is 96.9 Å². The van der Waals surface area contributed by atoms with Crippen LogP contribution in [0.25, 0.3) is 0 Å². The van der Waals surface area contributed by atoms with E-state index in [9.17, 15) is 14.7 Å². The number of amides is 1. The molecule has 0 spiro atoms. The minimum atomic E-state index is -1.32. The molecule has 1 atom stereocenters. The third-order valence-electron chi connectivity index (χ3n) is 1.93. The van der Waals surface area contributed by atoms with E-state index in [4.69, 9.17) is 0 Å². The summed E-state index contributed by atoms with van der Waals surface area (Å²) in [4.78, 5) is 21.5. The Labute approximate surface area is 86.9 Å². The summed E-state index contributed by atoms with van der Waals surface area (Å²) in [5.41, 5.74) is 4.40. The largest absolute Gasteiger partial charge is 0.548 e. The molecule has 1 aromatic carbocycles. The molecular weight excluding hydrogens is 196 g/mol. The summed E-state index contributed by atoms with van der Waals surface area (Å²) in [6.07, 6.45) is 0. The number of nitrogens with one attached hydrogen (secondary N) is 1. The molecule has 80 valence electrons. The molecule has 5 nitrogen and oxygen atoms in total. The number of carbonyl (C=O) groups is 2. The van der Waals surface area contributed by atoms with Crippen LogP contribution < -0.4 is 16.2 Å². The summed E-state index contributed by atoms with van der Waals surface area (Å²) in [6, 6.07) is 8.33. The van der Waals surface area contributed by atoms with Crippen LogP contribution in [-0.4, -0.2) is 18.4 Å². The maximum atomic E-state index is 11.4. The van der Waals surface area contributed by atoms with E-state index in [0.29, 0.717) is 0 Å². The Balaban J connectivity index is 2.57. The normalized spacial score (nSPS) is 11.8. The molecule has 0 aromatic heterocycles. The molecule has 4 N–H and O–H groups in total. The van der Waals surface area contributed by atoms with E-state index in [1.807, 2.05) is 6.07 Å². The maximum Gasteiger partial charge on any atom is 0.283 e. The van der Waals surface area contributed by atoms with Crippen molar-refractivity contribution in [2.45, 2.75) is 6.04 Å². The molecule has 0 saturated carbocycles. The number of hydrogen-bond acceptors (Lipinski definition) is 3. The van der Waals surface area contributed by atoms with Gasteiger partial charge in [0.2, 0.25) is 0 Å². The molecule has 1 rings (SSSR count). The molecule has 0 aliphatic rings. The average Bonchev–Trinajstić information content (AvgIpc) is 2.26. The number of carboxylic acids is 1. The highest BCUT2D eigenvalue weighted by Gasteiger charge is 2.18. The van der Waals surface area contributed by atoms with Crippen molar-refractivity contribution in [1.82, 2.24) is 5.32 Å². The van der Waals surface area contributed by atoms with Crippen LogP contribution in [0.4, 0.5) is 0 Å². The standard InChI is InChI=1S/C10H12N2O3/c11-9(7-4-2-1-3-5-7)10(15)12-6-8(13)14/h1-5,9H,6,11H2,(H,12,15)(H,13,14)/t9-/m1/s1. The lowest BCUT2D eigenvalue weighted by molar-refractivity contribution is -0.409. The van der Waals surface area contributed by atoms with Gasteiger partial charge in [-0.15, -0.1) is 0 Å². The van der Waals surface area contributed by atoms with Crippen molar-refractivity contribution in [3.63, 3.8) is 0 Å². The molecule has 0 fully saturated rings. The van der Waals surface area contributed by atoms with Crippen molar-refractivity contribution < 1.29 is 20.4 Å². The van der Waals surface area contributed by atoms with E-state index in [2.05, 4.69) is 11.1 Å². The highest BCUT2D eigenvalue weighted by molar-refractivity contribution is 5.84. The molecule has 0 aliphatic heterocycles. The Morgan fingerprint density at radius 1 is 1.33 bits per heavy atom. The molecule has 0 heterocycles. The first-order chi connectivity index (χ1) is 7.11. The number of carboxylic acid groups (broad SMARTS) is 1. The van der Waals surface area contributed by atoms with Crippen molar-refractivity contribution in [2.24, 2.45) is 0 Å². The molecule has 1 aromatic rings. The minimum absolute atomic E-state index is 0.426. The lowest BCUT2D eigenvalue weighted by Gasteiger charge is -2.09. The second-order valence-corrected chi connectivity index (χ2v) is 3.05. The summed E-state index contributed by atoms with van der Waals surface area (Å²) in [5, 5.41) is 12.3. The number of aliphatic carboxylic acids is 1. The highest BCUT2D eigenvalue weighted by atomic mass is 16.4. The van der Waals surface area contributed by atoms with E-state index in [-0.39, 0.29) is 0 Å². The van der Waals surface area contributed by atoms with Crippen LogP contribution in [-0.2, 0) is 9.59 Å². The highest BCUT2D eigenvalue weighted by Crippen LogP contribution is 2.06. The van der Waals surface area contributed by atoms with Crippen molar-refractivity contribution in [2.75, 3.05) is 6.54 Å². The van der Waals surface area contributed by atoms with Gasteiger partial charge in [-0.1, -0.05) is 30.3 Å². The molecule has 1 amide bonds. The van der Waals surface area contributed by atoms with Gasteiger partial charge in [-0.05, 0) is 0 Å².